The highest BCUT2D eigenvalue weighted by atomic mass is 35.5. The molecule has 0 N–H and O–H groups in total. The van der Waals surface area contributed by atoms with Crippen LogP contribution in [0.5, 0.6) is 0 Å². The smallest absolute Gasteiger partial charge is 0.255 e. The predicted octanol–water partition coefficient (Wildman–Crippen LogP) is 1.99. The maximum absolute atomic E-state index is 12.9. The van der Waals surface area contributed by atoms with Crippen molar-refractivity contribution < 1.29 is 4.79 Å². The number of aromatic nitrogens is 4. The van der Waals surface area contributed by atoms with Crippen molar-refractivity contribution in [2.75, 3.05) is 18.0 Å². The van der Waals surface area contributed by atoms with Gasteiger partial charge in [-0.2, -0.15) is 0 Å². The zero-order chi connectivity index (χ0) is 20.8. The number of carbonyl (C=O) groups is 1. The standard InChI is InChI=1S/C21H19ClN6O2/c1-26-19(29)9-18(17-6-7-23-12-24-17)25-21(26)28-11-15-8-16(28)10-27(15)20(30)13-2-4-14(22)5-3-13/h2-7,9,12,15-16H,8,10-11H2,1H3/t15?,16-/m0/s1. The summed E-state index contributed by atoms with van der Waals surface area (Å²) in [6.07, 6.45) is 3.92. The maximum Gasteiger partial charge on any atom is 0.255 e. The Bertz CT molecular complexity index is 1160. The number of carbonyl (C=O) groups excluding carboxylic acids is 1. The Labute approximate surface area is 177 Å². The van der Waals surface area contributed by atoms with E-state index in [1.807, 2.05) is 4.90 Å². The van der Waals surface area contributed by atoms with Gasteiger partial charge < -0.3 is 9.80 Å². The third-order valence-electron chi connectivity index (χ3n) is 5.81. The number of anilines is 1. The monoisotopic (exact) mass is 422 g/mol. The Balaban J connectivity index is 1.41. The molecule has 30 heavy (non-hydrogen) atoms. The van der Waals surface area contributed by atoms with Crippen LogP contribution in [0.15, 0.2) is 53.7 Å². The minimum atomic E-state index is -0.148. The van der Waals surface area contributed by atoms with Crippen LogP contribution in [-0.4, -0.2) is 55.5 Å². The lowest BCUT2D eigenvalue weighted by Crippen LogP contribution is -2.50. The average Bonchev–Trinajstić information content (AvgIpc) is 3.37. The van der Waals surface area contributed by atoms with Crippen LogP contribution in [0.25, 0.3) is 11.4 Å². The first-order chi connectivity index (χ1) is 14.5. The summed E-state index contributed by atoms with van der Waals surface area (Å²) in [6.45, 7) is 1.23. The maximum atomic E-state index is 12.9. The normalized spacial score (nSPS) is 20.1. The van der Waals surface area contributed by atoms with E-state index in [0.29, 0.717) is 41.0 Å². The summed E-state index contributed by atoms with van der Waals surface area (Å²) in [7, 11) is 1.72. The number of hydrogen-bond acceptors (Lipinski definition) is 6. The molecule has 0 aliphatic carbocycles. The van der Waals surface area contributed by atoms with Gasteiger partial charge in [0, 0.05) is 43.0 Å². The fraction of sp³-hybridized carbons (Fsp3) is 0.286. The van der Waals surface area contributed by atoms with E-state index < -0.39 is 0 Å². The number of benzene rings is 1. The zero-order valence-electron chi connectivity index (χ0n) is 16.3. The van der Waals surface area contributed by atoms with Crippen LogP contribution < -0.4 is 10.5 Å². The fourth-order valence-corrected chi connectivity index (χ4v) is 4.40. The van der Waals surface area contributed by atoms with Gasteiger partial charge in [0.2, 0.25) is 5.95 Å². The van der Waals surface area contributed by atoms with E-state index in [1.54, 1.807) is 48.1 Å². The molecule has 2 atom stereocenters. The van der Waals surface area contributed by atoms with E-state index in [0.717, 1.165) is 6.42 Å². The van der Waals surface area contributed by atoms with Crippen molar-refractivity contribution in [1.82, 2.24) is 24.4 Å². The van der Waals surface area contributed by atoms with Gasteiger partial charge in [-0.1, -0.05) is 11.6 Å². The van der Waals surface area contributed by atoms with Gasteiger partial charge in [-0.05, 0) is 36.8 Å². The summed E-state index contributed by atoms with van der Waals surface area (Å²) in [5.74, 6) is 0.609. The number of rotatable bonds is 3. The van der Waals surface area contributed by atoms with Crippen molar-refractivity contribution in [3.05, 3.63) is 69.9 Å². The first-order valence-electron chi connectivity index (χ1n) is 9.69. The second-order valence-electron chi connectivity index (χ2n) is 7.59. The first-order valence-corrected chi connectivity index (χ1v) is 10.1. The lowest BCUT2D eigenvalue weighted by atomic mass is 10.2. The van der Waals surface area contributed by atoms with E-state index in [9.17, 15) is 9.59 Å². The van der Waals surface area contributed by atoms with Crippen LogP contribution in [0, 0.1) is 0 Å². The van der Waals surface area contributed by atoms with E-state index in [1.165, 1.54) is 12.4 Å². The minimum absolute atomic E-state index is 0.00963. The molecule has 2 bridgehead atoms. The number of amides is 1. The molecule has 0 spiro atoms. The Hall–Kier alpha value is -3.26. The Morgan fingerprint density at radius 2 is 1.90 bits per heavy atom. The number of halogens is 1. The molecule has 4 heterocycles. The van der Waals surface area contributed by atoms with Crippen LogP contribution in [0.4, 0.5) is 5.95 Å². The topological polar surface area (TPSA) is 84.2 Å². The summed E-state index contributed by atoms with van der Waals surface area (Å²) in [5, 5.41) is 0.608. The second-order valence-corrected chi connectivity index (χ2v) is 8.03. The summed E-state index contributed by atoms with van der Waals surface area (Å²) >= 11 is 5.94. The van der Waals surface area contributed by atoms with Gasteiger partial charge in [-0.15, -0.1) is 0 Å². The molecule has 2 aliphatic rings. The molecule has 1 aromatic carbocycles. The number of fused-ring (bicyclic) bond motifs is 2. The van der Waals surface area contributed by atoms with Crippen LogP contribution in [-0.2, 0) is 7.05 Å². The SMILES string of the molecule is Cn1c(N2CC3C[C@H]2CN3C(=O)c2ccc(Cl)cc2)nc(-c2ccncn2)cc1=O. The molecule has 2 aliphatic heterocycles. The van der Waals surface area contributed by atoms with Gasteiger partial charge in [-0.3, -0.25) is 14.2 Å². The zero-order valence-corrected chi connectivity index (χ0v) is 17.0. The van der Waals surface area contributed by atoms with E-state index >= 15 is 0 Å². The van der Waals surface area contributed by atoms with Crippen molar-refractivity contribution in [2.24, 2.45) is 7.05 Å². The highest BCUT2D eigenvalue weighted by molar-refractivity contribution is 6.30. The molecule has 2 fully saturated rings. The quantitative estimate of drug-likeness (QED) is 0.641. The lowest BCUT2D eigenvalue weighted by molar-refractivity contribution is 0.0725. The molecule has 0 saturated carbocycles. The molecular weight excluding hydrogens is 404 g/mol. The van der Waals surface area contributed by atoms with Gasteiger partial charge in [-0.25, -0.2) is 15.0 Å². The molecule has 0 radical (unpaired) electrons. The third-order valence-corrected chi connectivity index (χ3v) is 6.06. The van der Waals surface area contributed by atoms with Crippen LogP contribution >= 0.6 is 11.6 Å². The molecule has 3 aromatic rings. The molecule has 1 unspecified atom stereocenters. The van der Waals surface area contributed by atoms with E-state index in [4.69, 9.17) is 16.6 Å². The molecule has 1 amide bonds. The summed E-state index contributed by atoms with van der Waals surface area (Å²) < 4.78 is 1.55. The van der Waals surface area contributed by atoms with Crippen molar-refractivity contribution in [3.63, 3.8) is 0 Å². The second kappa shape index (κ2) is 7.21. The lowest BCUT2D eigenvalue weighted by Gasteiger charge is -2.35. The van der Waals surface area contributed by atoms with Gasteiger partial charge in [0.1, 0.15) is 6.33 Å². The summed E-state index contributed by atoms with van der Waals surface area (Å²) in [4.78, 5) is 42.4. The Kier molecular flexibility index (Phi) is 4.51. The van der Waals surface area contributed by atoms with E-state index in [2.05, 4.69) is 14.9 Å². The van der Waals surface area contributed by atoms with Crippen LogP contribution in [0.1, 0.15) is 16.8 Å². The van der Waals surface area contributed by atoms with Gasteiger partial charge >= 0.3 is 0 Å². The molecule has 8 nitrogen and oxygen atoms in total. The van der Waals surface area contributed by atoms with Crippen molar-refractivity contribution in [3.8, 4) is 11.4 Å². The summed E-state index contributed by atoms with van der Waals surface area (Å²) in [6, 6.07) is 10.4. The minimum Gasteiger partial charge on any atom is -0.335 e. The van der Waals surface area contributed by atoms with Crippen molar-refractivity contribution in [1.29, 1.82) is 0 Å². The first kappa shape index (κ1) is 18.7. The highest BCUT2D eigenvalue weighted by Crippen LogP contribution is 2.34. The largest absolute Gasteiger partial charge is 0.335 e. The Morgan fingerprint density at radius 3 is 2.57 bits per heavy atom. The third kappa shape index (κ3) is 3.13. The molecular formula is C21H19ClN6O2. The number of piperazine rings is 1. The predicted molar refractivity (Wildman–Crippen MR) is 113 cm³/mol. The van der Waals surface area contributed by atoms with Crippen molar-refractivity contribution >= 4 is 23.5 Å². The number of likely N-dealkylation sites (tertiary alicyclic amines) is 1. The highest BCUT2D eigenvalue weighted by Gasteiger charge is 2.46. The van der Waals surface area contributed by atoms with Crippen LogP contribution in [0.2, 0.25) is 5.02 Å². The molecule has 2 aromatic heterocycles. The average molecular weight is 423 g/mol. The molecule has 5 rings (SSSR count). The van der Waals surface area contributed by atoms with Gasteiger partial charge in [0.25, 0.3) is 11.5 Å². The number of hydrogen-bond donors (Lipinski definition) is 0. The molecule has 9 heteroatoms. The molecule has 2 saturated heterocycles. The van der Waals surface area contributed by atoms with E-state index in [-0.39, 0.29) is 23.6 Å². The van der Waals surface area contributed by atoms with Crippen LogP contribution in [0.3, 0.4) is 0 Å². The van der Waals surface area contributed by atoms with Crippen molar-refractivity contribution in [2.45, 2.75) is 18.5 Å². The Morgan fingerprint density at radius 1 is 1.10 bits per heavy atom. The summed E-state index contributed by atoms with van der Waals surface area (Å²) in [5.41, 5.74) is 1.61. The van der Waals surface area contributed by atoms with Gasteiger partial charge in [0.05, 0.1) is 23.5 Å². The fourth-order valence-electron chi connectivity index (χ4n) is 4.28. The van der Waals surface area contributed by atoms with Gasteiger partial charge in [0.15, 0.2) is 0 Å². The molecule has 152 valence electrons. The number of nitrogens with zero attached hydrogens (tertiary/aromatic N) is 6.